The molecule has 2 amide bonds. The molecular formula is C20H22N8O2. The van der Waals surface area contributed by atoms with Crippen molar-refractivity contribution >= 4 is 11.8 Å². The fourth-order valence-corrected chi connectivity index (χ4v) is 3.57. The van der Waals surface area contributed by atoms with Gasteiger partial charge in [0.05, 0.1) is 35.3 Å². The van der Waals surface area contributed by atoms with E-state index >= 15 is 0 Å². The molecule has 4 rings (SSSR count). The number of hydrogen-bond donors (Lipinski definition) is 2. The SMILES string of the molecule is Cc1ncc(C(=O)NCc2ccncn2)c(C2CCN(C(=O)c3cn[nH]c3)CC2)n1. The Labute approximate surface area is 173 Å². The molecule has 2 N–H and O–H groups in total. The van der Waals surface area contributed by atoms with E-state index in [0.717, 1.165) is 24.2 Å². The largest absolute Gasteiger partial charge is 0.346 e. The van der Waals surface area contributed by atoms with E-state index in [0.29, 0.717) is 36.6 Å². The molecule has 10 heteroatoms. The number of carbonyl (C=O) groups excluding carboxylic acids is 2. The lowest BCUT2D eigenvalue weighted by Crippen LogP contribution is -2.38. The van der Waals surface area contributed by atoms with Crippen molar-refractivity contribution in [3.05, 3.63) is 65.5 Å². The van der Waals surface area contributed by atoms with Crippen LogP contribution < -0.4 is 5.32 Å². The van der Waals surface area contributed by atoms with Crippen molar-refractivity contribution in [3.8, 4) is 0 Å². The molecule has 10 nitrogen and oxygen atoms in total. The Kier molecular flexibility index (Phi) is 5.73. The van der Waals surface area contributed by atoms with Crippen LogP contribution >= 0.6 is 0 Å². The van der Waals surface area contributed by atoms with E-state index in [1.807, 2.05) is 11.8 Å². The Morgan fingerprint density at radius 2 is 2.07 bits per heavy atom. The minimum Gasteiger partial charge on any atom is -0.346 e. The highest BCUT2D eigenvalue weighted by molar-refractivity contribution is 5.95. The number of amides is 2. The molecule has 0 bridgehead atoms. The Bertz CT molecular complexity index is 1010. The Hall–Kier alpha value is -3.69. The van der Waals surface area contributed by atoms with Crippen LogP contribution in [0.4, 0.5) is 0 Å². The summed E-state index contributed by atoms with van der Waals surface area (Å²) in [6.07, 6.45) is 9.24. The second-order valence-electron chi connectivity index (χ2n) is 7.15. The van der Waals surface area contributed by atoms with Gasteiger partial charge < -0.3 is 10.2 Å². The standard InChI is InChI=1S/C20H22N8O2/c1-13-22-11-17(19(29)23-10-16-2-5-21-12-24-16)18(27-13)14-3-6-28(7-4-14)20(30)15-8-25-26-9-15/h2,5,8-9,11-12,14H,3-4,6-7,10H2,1H3,(H,23,29)(H,25,26). The van der Waals surface area contributed by atoms with Gasteiger partial charge in [-0.25, -0.2) is 19.9 Å². The van der Waals surface area contributed by atoms with Crippen LogP contribution in [0.25, 0.3) is 0 Å². The fraction of sp³-hybridized carbons (Fsp3) is 0.350. The van der Waals surface area contributed by atoms with E-state index in [1.165, 1.54) is 12.5 Å². The molecule has 3 aromatic rings. The van der Waals surface area contributed by atoms with E-state index < -0.39 is 0 Å². The smallest absolute Gasteiger partial charge is 0.257 e. The van der Waals surface area contributed by atoms with Crippen LogP contribution in [0.2, 0.25) is 0 Å². The lowest BCUT2D eigenvalue weighted by Gasteiger charge is -2.32. The number of rotatable bonds is 5. The normalized spacial score (nSPS) is 14.5. The van der Waals surface area contributed by atoms with Gasteiger partial charge in [-0.1, -0.05) is 0 Å². The molecule has 0 radical (unpaired) electrons. The van der Waals surface area contributed by atoms with Crippen molar-refractivity contribution in [2.24, 2.45) is 0 Å². The van der Waals surface area contributed by atoms with Crippen LogP contribution in [-0.2, 0) is 6.54 Å². The lowest BCUT2D eigenvalue weighted by molar-refractivity contribution is 0.0710. The maximum absolute atomic E-state index is 12.8. The summed E-state index contributed by atoms with van der Waals surface area (Å²) in [5, 5.41) is 9.38. The summed E-state index contributed by atoms with van der Waals surface area (Å²) in [4.78, 5) is 43.9. The molecule has 1 saturated heterocycles. The number of nitrogens with one attached hydrogen (secondary N) is 2. The van der Waals surface area contributed by atoms with Crippen molar-refractivity contribution < 1.29 is 9.59 Å². The fourth-order valence-electron chi connectivity index (χ4n) is 3.57. The summed E-state index contributed by atoms with van der Waals surface area (Å²) in [7, 11) is 0. The first-order valence-electron chi connectivity index (χ1n) is 9.76. The first-order chi connectivity index (χ1) is 14.6. The summed E-state index contributed by atoms with van der Waals surface area (Å²) in [5.74, 6) is 0.429. The summed E-state index contributed by atoms with van der Waals surface area (Å²) in [6, 6.07) is 1.75. The molecule has 3 aromatic heterocycles. The van der Waals surface area contributed by atoms with Gasteiger partial charge >= 0.3 is 0 Å². The summed E-state index contributed by atoms with van der Waals surface area (Å²) in [5.41, 5.74) is 2.47. The molecule has 30 heavy (non-hydrogen) atoms. The van der Waals surface area contributed by atoms with Crippen molar-refractivity contribution in [1.82, 2.24) is 40.3 Å². The van der Waals surface area contributed by atoms with Crippen LogP contribution in [-0.4, -0.2) is 59.9 Å². The maximum Gasteiger partial charge on any atom is 0.257 e. The van der Waals surface area contributed by atoms with E-state index in [9.17, 15) is 9.59 Å². The zero-order chi connectivity index (χ0) is 20.9. The number of piperidine rings is 1. The predicted molar refractivity (Wildman–Crippen MR) is 106 cm³/mol. The molecule has 0 unspecified atom stereocenters. The van der Waals surface area contributed by atoms with Crippen LogP contribution in [0.3, 0.4) is 0 Å². The predicted octanol–water partition coefficient (Wildman–Crippen LogP) is 1.25. The zero-order valence-corrected chi connectivity index (χ0v) is 16.6. The van der Waals surface area contributed by atoms with Crippen LogP contribution in [0.15, 0.2) is 37.2 Å². The number of nitrogens with zero attached hydrogens (tertiary/aromatic N) is 6. The third-order valence-corrected chi connectivity index (χ3v) is 5.17. The van der Waals surface area contributed by atoms with Gasteiger partial charge in [0, 0.05) is 37.6 Å². The van der Waals surface area contributed by atoms with Gasteiger partial charge in [0.15, 0.2) is 0 Å². The summed E-state index contributed by atoms with van der Waals surface area (Å²) < 4.78 is 0. The number of aryl methyl sites for hydroxylation is 1. The first-order valence-corrected chi connectivity index (χ1v) is 9.76. The van der Waals surface area contributed by atoms with E-state index in [4.69, 9.17) is 0 Å². The van der Waals surface area contributed by atoms with Gasteiger partial charge in [-0.15, -0.1) is 0 Å². The third-order valence-electron chi connectivity index (χ3n) is 5.17. The molecule has 0 spiro atoms. The number of hydrogen-bond acceptors (Lipinski definition) is 7. The molecule has 1 aliphatic rings. The van der Waals surface area contributed by atoms with Crippen LogP contribution in [0.5, 0.6) is 0 Å². The average Bonchev–Trinajstić information content (AvgIpc) is 3.33. The highest BCUT2D eigenvalue weighted by Crippen LogP contribution is 2.29. The highest BCUT2D eigenvalue weighted by Gasteiger charge is 2.29. The van der Waals surface area contributed by atoms with Gasteiger partial charge in [0.2, 0.25) is 0 Å². The molecule has 1 fully saturated rings. The van der Waals surface area contributed by atoms with Crippen molar-refractivity contribution in [2.45, 2.75) is 32.2 Å². The topological polar surface area (TPSA) is 130 Å². The van der Waals surface area contributed by atoms with Crippen LogP contribution in [0.1, 0.15) is 56.7 Å². The Morgan fingerprint density at radius 1 is 1.23 bits per heavy atom. The van der Waals surface area contributed by atoms with Gasteiger partial charge in [0.25, 0.3) is 11.8 Å². The summed E-state index contributed by atoms with van der Waals surface area (Å²) in [6.45, 7) is 3.30. The van der Waals surface area contributed by atoms with Gasteiger partial charge in [-0.2, -0.15) is 5.10 Å². The highest BCUT2D eigenvalue weighted by atomic mass is 16.2. The zero-order valence-electron chi connectivity index (χ0n) is 16.6. The van der Waals surface area contributed by atoms with Crippen molar-refractivity contribution in [1.29, 1.82) is 0 Å². The molecular weight excluding hydrogens is 384 g/mol. The number of aromatic amines is 1. The number of likely N-dealkylation sites (tertiary alicyclic amines) is 1. The van der Waals surface area contributed by atoms with Crippen molar-refractivity contribution in [3.63, 3.8) is 0 Å². The third kappa shape index (κ3) is 4.32. The molecule has 1 aliphatic heterocycles. The number of H-pyrrole nitrogens is 1. The Balaban J connectivity index is 1.44. The number of aromatic nitrogens is 6. The van der Waals surface area contributed by atoms with E-state index in [1.54, 1.807) is 24.7 Å². The molecule has 0 aliphatic carbocycles. The van der Waals surface area contributed by atoms with Gasteiger partial charge in [0.1, 0.15) is 12.2 Å². The minimum atomic E-state index is -0.236. The molecule has 4 heterocycles. The monoisotopic (exact) mass is 406 g/mol. The number of carbonyl (C=O) groups is 2. The summed E-state index contributed by atoms with van der Waals surface area (Å²) >= 11 is 0. The molecule has 154 valence electrons. The first kappa shape index (κ1) is 19.6. The van der Waals surface area contributed by atoms with Crippen LogP contribution in [0, 0.1) is 6.92 Å². The van der Waals surface area contributed by atoms with Crippen molar-refractivity contribution in [2.75, 3.05) is 13.1 Å². The molecule has 0 aromatic carbocycles. The van der Waals surface area contributed by atoms with Gasteiger partial charge in [-0.3, -0.25) is 14.7 Å². The Morgan fingerprint density at radius 3 is 2.77 bits per heavy atom. The minimum absolute atomic E-state index is 0.0381. The lowest BCUT2D eigenvalue weighted by atomic mass is 9.90. The average molecular weight is 406 g/mol. The van der Waals surface area contributed by atoms with Gasteiger partial charge in [-0.05, 0) is 25.8 Å². The van der Waals surface area contributed by atoms with E-state index in [2.05, 4.69) is 35.5 Å². The quantitative estimate of drug-likeness (QED) is 0.652. The second-order valence-corrected chi connectivity index (χ2v) is 7.15. The molecule has 0 saturated carbocycles. The second kappa shape index (κ2) is 8.76. The van der Waals surface area contributed by atoms with E-state index in [-0.39, 0.29) is 17.7 Å². The maximum atomic E-state index is 12.8. The molecule has 0 atom stereocenters.